The Morgan fingerprint density at radius 2 is 1.94 bits per heavy atom. The second-order valence-electron chi connectivity index (χ2n) is 8.66. The summed E-state index contributed by atoms with van der Waals surface area (Å²) < 4.78 is 13.1. The van der Waals surface area contributed by atoms with Crippen LogP contribution >= 0.6 is 11.8 Å². The molecule has 3 amide bonds. The van der Waals surface area contributed by atoms with E-state index in [9.17, 15) is 14.4 Å². The Hall–Kier alpha value is -3.56. The van der Waals surface area contributed by atoms with E-state index in [-0.39, 0.29) is 42.9 Å². The van der Waals surface area contributed by atoms with Crippen LogP contribution in [-0.2, 0) is 20.9 Å². The molecule has 2 fully saturated rings. The maximum absolute atomic E-state index is 13.0. The lowest BCUT2D eigenvalue weighted by atomic mass is 10.1. The number of fused-ring (bicyclic) bond motifs is 1. The van der Waals surface area contributed by atoms with Crippen molar-refractivity contribution in [1.29, 1.82) is 0 Å². The summed E-state index contributed by atoms with van der Waals surface area (Å²) in [6.07, 6.45) is 5.65. The SMILES string of the molecule is O=C(Cn1cc(/C=C2\SC(=O)N(CCOc3ccccc3)C2=O)c2ccccc21)NC[C@H]1CCCO1. The van der Waals surface area contributed by atoms with E-state index < -0.39 is 0 Å². The third kappa shape index (κ3) is 5.47. The molecule has 1 atom stereocenters. The molecule has 0 bridgehead atoms. The predicted molar refractivity (Wildman–Crippen MR) is 139 cm³/mol. The van der Waals surface area contributed by atoms with Gasteiger partial charge in [-0.1, -0.05) is 36.4 Å². The molecular weight excluding hydrogens is 478 g/mol. The average Bonchev–Trinajstić information content (AvgIpc) is 3.59. The molecule has 9 heteroatoms. The fourth-order valence-corrected chi connectivity index (χ4v) is 5.23. The van der Waals surface area contributed by atoms with Crippen molar-refractivity contribution in [2.24, 2.45) is 0 Å². The van der Waals surface area contributed by atoms with E-state index in [1.165, 1.54) is 4.90 Å². The number of rotatable bonds is 9. The number of ether oxygens (including phenoxy) is 2. The van der Waals surface area contributed by atoms with Crippen molar-refractivity contribution in [2.45, 2.75) is 25.5 Å². The van der Waals surface area contributed by atoms with Crippen molar-refractivity contribution in [2.75, 3.05) is 26.3 Å². The Bertz CT molecular complexity index is 1300. The zero-order valence-electron chi connectivity index (χ0n) is 19.7. The summed E-state index contributed by atoms with van der Waals surface area (Å²) in [4.78, 5) is 39.6. The predicted octanol–water partition coefficient (Wildman–Crippen LogP) is 4.05. The number of nitrogens with one attached hydrogen (secondary N) is 1. The van der Waals surface area contributed by atoms with E-state index in [0.717, 1.165) is 47.7 Å². The van der Waals surface area contributed by atoms with E-state index >= 15 is 0 Å². The van der Waals surface area contributed by atoms with Gasteiger partial charge in [0.15, 0.2) is 0 Å². The molecule has 36 heavy (non-hydrogen) atoms. The Morgan fingerprint density at radius 3 is 2.75 bits per heavy atom. The number of hydrogen-bond donors (Lipinski definition) is 1. The highest BCUT2D eigenvalue weighted by molar-refractivity contribution is 8.18. The summed E-state index contributed by atoms with van der Waals surface area (Å²) in [5, 5.41) is 3.54. The molecule has 0 radical (unpaired) electrons. The molecule has 2 aliphatic rings. The van der Waals surface area contributed by atoms with Gasteiger partial charge in [-0.15, -0.1) is 0 Å². The number of para-hydroxylation sites is 2. The van der Waals surface area contributed by atoms with Gasteiger partial charge in [0.05, 0.1) is 17.6 Å². The van der Waals surface area contributed by atoms with Crippen molar-refractivity contribution < 1.29 is 23.9 Å². The van der Waals surface area contributed by atoms with Gasteiger partial charge < -0.3 is 19.4 Å². The van der Waals surface area contributed by atoms with Crippen LogP contribution in [0.1, 0.15) is 18.4 Å². The quantitative estimate of drug-likeness (QED) is 0.442. The molecule has 0 aliphatic carbocycles. The first kappa shape index (κ1) is 24.1. The van der Waals surface area contributed by atoms with E-state index in [1.807, 2.05) is 65.4 Å². The Balaban J connectivity index is 1.27. The molecule has 3 aromatic rings. The highest BCUT2D eigenvalue weighted by Gasteiger charge is 2.35. The monoisotopic (exact) mass is 505 g/mol. The summed E-state index contributed by atoms with van der Waals surface area (Å²) >= 11 is 0.917. The van der Waals surface area contributed by atoms with Gasteiger partial charge in [0.25, 0.3) is 11.1 Å². The highest BCUT2D eigenvalue weighted by Crippen LogP contribution is 2.34. The normalized spacial score (nSPS) is 18.9. The van der Waals surface area contributed by atoms with Crippen molar-refractivity contribution in [3.05, 3.63) is 71.3 Å². The molecule has 2 aromatic carbocycles. The standard InChI is InChI=1S/C27H27N3O5S/c31-25(28-16-21-9-6-13-34-21)18-29-17-19(22-10-4-5-11-23(22)29)15-24-26(32)30(27(33)36-24)12-14-35-20-7-2-1-3-8-20/h1-5,7-8,10-11,15,17,21H,6,9,12-14,16,18H2,(H,28,31)/b24-15-/t21-/m1/s1. The third-order valence-corrected chi connectivity index (χ3v) is 7.08. The van der Waals surface area contributed by atoms with E-state index in [2.05, 4.69) is 5.32 Å². The average molecular weight is 506 g/mol. The van der Waals surface area contributed by atoms with Crippen LogP contribution in [0.3, 0.4) is 0 Å². The summed E-state index contributed by atoms with van der Waals surface area (Å²) in [5.41, 5.74) is 1.66. The van der Waals surface area contributed by atoms with Crippen LogP contribution in [0.4, 0.5) is 4.79 Å². The first-order valence-corrected chi connectivity index (χ1v) is 12.8. The minimum atomic E-state index is -0.340. The number of thioether (sulfide) groups is 1. The van der Waals surface area contributed by atoms with Crippen LogP contribution in [-0.4, -0.2) is 58.9 Å². The zero-order valence-corrected chi connectivity index (χ0v) is 20.5. The van der Waals surface area contributed by atoms with E-state index in [4.69, 9.17) is 9.47 Å². The molecule has 0 spiro atoms. The van der Waals surface area contributed by atoms with Gasteiger partial charge in [0.1, 0.15) is 18.9 Å². The topological polar surface area (TPSA) is 89.9 Å². The highest BCUT2D eigenvalue weighted by atomic mass is 32.2. The molecule has 2 saturated heterocycles. The van der Waals surface area contributed by atoms with E-state index in [1.54, 1.807) is 6.08 Å². The van der Waals surface area contributed by atoms with Gasteiger partial charge in [-0.2, -0.15) is 0 Å². The molecule has 186 valence electrons. The zero-order chi connectivity index (χ0) is 24.9. The molecule has 1 aromatic heterocycles. The number of hydrogen-bond acceptors (Lipinski definition) is 6. The first-order valence-electron chi connectivity index (χ1n) is 12.0. The molecule has 3 heterocycles. The lowest BCUT2D eigenvalue weighted by molar-refractivity contribution is -0.123. The number of aromatic nitrogens is 1. The maximum Gasteiger partial charge on any atom is 0.293 e. The Kier molecular flexibility index (Phi) is 7.39. The third-order valence-electron chi connectivity index (χ3n) is 6.17. The number of carbonyl (C=O) groups is 3. The van der Waals surface area contributed by atoms with Crippen LogP contribution in [0, 0.1) is 0 Å². The summed E-state index contributed by atoms with van der Waals surface area (Å²) in [6, 6.07) is 17.0. The maximum atomic E-state index is 13.0. The lowest BCUT2D eigenvalue weighted by Crippen LogP contribution is -2.34. The van der Waals surface area contributed by atoms with Crippen LogP contribution in [0.25, 0.3) is 17.0 Å². The van der Waals surface area contributed by atoms with Crippen molar-refractivity contribution in [3.63, 3.8) is 0 Å². The van der Waals surface area contributed by atoms with Gasteiger partial charge in [0, 0.05) is 35.8 Å². The van der Waals surface area contributed by atoms with Gasteiger partial charge >= 0.3 is 0 Å². The minimum Gasteiger partial charge on any atom is -0.492 e. The second-order valence-corrected chi connectivity index (χ2v) is 9.66. The summed E-state index contributed by atoms with van der Waals surface area (Å²) in [6.45, 7) is 1.79. The largest absolute Gasteiger partial charge is 0.492 e. The Morgan fingerprint density at radius 1 is 1.14 bits per heavy atom. The van der Waals surface area contributed by atoms with Crippen LogP contribution in [0.2, 0.25) is 0 Å². The van der Waals surface area contributed by atoms with Crippen LogP contribution in [0.5, 0.6) is 5.75 Å². The van der Waals surface area contributed by atoms with Gasteiger partial charge in [0.2, 0.25) is 5.91 Å². The van der Waals surface area contributed by atoms with Gasteiger partial charge in [-0.05, 0) is 48.9 Å². The molecular formula is C27H27N3O5S. The number of imide groups is 1. The van der Waals surface area contributed by atoms with Gasteiger partial charge in [-0.3, -0.25) is 19.3 Å². The van der Waals surface area contributed by atoms with Crippen molar-refractivity contribution in [3.8, 4) is 5.75 Å². The smallest absolute Gasteiger partial charge is 0.293 e. The lowest BCUT2D eigenvalue weighted by Gasteiger charge is -2.13. The number of nitrogens with zero attached hydrogens (tertiary/aromatic N) is 2. The number of amides is 3. The summed E-state index contributed by atoms with van der Waals surface area (Å²) in [7, 11) is 0. The van der Waals surface area contributed by atoms with Crippen LogP contribution < -0.4 is 10.1 Å². The number of carbonyl (C=O) groups excluding carboxylic acids is 3. The fraction of sp³-hybridized carbons (Fsp3) is 0.296. The Labute approximate surface area is 213 Å². The van der Waals surface area contributed by atoms with Gasteiger partial charge in [-0.25, -0.2) is 0 Å². The fourth-order valence-electron chi connectivity index (χ4n) is 4.37. The molecule has 1 N–H and O–H groups in total. The van der Waals surface area contributed by atoms with Crippen molar-refractivity contribution in [1.82, 2.24) is 14.8 Å². The summed E-state index contributed by atoms with van der Waals surface area (Å²) in [5.74, 6) is 0.247. The minimum absolute atomic E-state index is 0.0830. The van der Waals surface area contributed by atoms with Crippen LogP contribution in [0.15, 0.2) is 65.7 Å². The molecule has 0 unspecified atom stereocenters. The van der Waals surface area contributed by atoms with Crippen molar-refractivity contribution >= 4 is 45.8 Å². The van der Waals surface area contributed by atoms with E-state index in [0.29, 0.717) is 17.2 Å². The number of benzene rings is 2. The molecule has 2 aliphatic heterocycles. The second kappa shape index (κ2) is 11.0. The molecule has 0 saturated carbocycles. The first-order chi connectivity index (χ1) is 17.6. The molecule has 5 rings (SSSR count). The molecule has 8 nitrogen and oxygen atoms in total.